The van der Waals surface area contributed by atoms with Gasteiger partial charge in [-0.25, -0.2) is 24.2 Å². The molecule has 1 saturated heterocycles. The summed E-state index contributed by atoms with van der Waals surface area (Å²) in [7, 11) is 1.44. The molecule has 0 bridgehead atoms. The largest absolute Gasteiger partial charge is 0.496 e. The number of methoxy groups -OCH3 is 1. The molecule has 1 aliphatic heterocycles. The SMILES string of the molecule is COc1ccc(-c2ccc(C(=O)O)cc2C)cc1-c1cnc(-n2cccn2)nc1CN1C(=O)O[C@H](c2cc(C(F)(F)F)cc(C(F)(F)F)c2)[C@@H]1C. The average molecular weight is 712 g/mol. The number of halogens is 6. The van der Waals surface area contributed by atoms with Crippen molar-refractivity contribution in [3.05, 3.63) is 113 Å². The molecule has 1 fully saturated rings. The number of ether oxygens (including phenoxy) is 2. The number of nitrogens with zero attached hydrogens (tertiary/aromatic N) is 5. The number of amides is 1. The van der Waals surface area contributed by atoms with E-state index < -0.39 is 53.3 Å². The number of cyclic esters (lactones) is 1. The summed E-state index contributed by atoms with van der Waals surface area (Å²) in [6.07, 6.45) is -8.10. The number of carbonyl (C=O) groups is 2. The number of hydrogen-bond donors (Lipinski definition) is 1. The van der Waals surface area contributed by atoms with E-state index in [1.165, 1.54) is 43.2 Å². The summed E-state index contributed by atoms with van der Waals surface area (Å²) in [4.78, 5) is 35.1. The fourth-order valence-electron chi connectivity index (χ4n) is 5.92. The van der Waals surface area contributed by atoms with Gasteiger partial charge in [0.15, 0.2) is 0 Å². The van der Waals surface area contributed by atoms with Gasteiger partial charge in [-0.05, 0) is 84.6 Å². The Hall–Kier alpha value is -5.93. The van der Waals surface area contributed by atoms with E-state index in [0.717, 1.165) is 10.5 Å². The van der Waals surface area contributed by atoms with Gasteiger partial charge in [0.05, 0.1) is 42.1 Å². The Morgan fingerprint density at radius 2 is 1.67 bits per heavy atom. The zero-order valence-corrected chi connectivity index (χ0v) is 27.0. The highest BCUT2D eigenvalue weighted by molar-refractivity contribution is 5.89. The number of carboxylic acid groups (broad SMARTS) is 1. The van der Waals surface area contributed by atoms with Crippen LogP contribution in [0.2, 0.25) is 0 Å². The predicted octanol–water partition coefficient (Wildman–Crippen LogP) is 8.13. The third kappa shape index (κ3) is 6.93. The summed E-state index contributed by atoms with van der Waals surface area (Å²) >= 11 is 0. The van der Waals surface area contributed by atoms with Crippen molar-refractivity contribution in [2.45, 2.75) is 44.9 Å². The smallest absolute Gasteiger partial charge is 0.416 e. The number of aromatic carboxylic acids is 1. The van der Waals surface area contributed by atoms with E-state index in [-0.39, 0.29) is 29.8 Å². The van der Waals surface area contributed by atoms with Crippen LogP contribution in [-0.4, -0.2) is 55.0 Å². The van der Waals surface area contributed by atoms with Crippen LogP contribution in [0.3, 0.4) is 0 Å². The lowest BCUT2D eigenvalue weighted by Crippen LogP contribution is -2.32. The number of carboxylic acids is 1. The topological polar surface area (TPSA) is 120 Å². The molecule has 0 unspecified atom stereocenters. The third-order valence-corrected chi connectivity index (χ3v) is 8.49. The fraction of sp³-hybridized carbons (Fsp3) is 0.229. The molecule has 264 valence electrons. The lowest BCUT2D eigenvalue weighted by molar-refractivity contribution is -0.143. The predicted molar refractivity (Wildman–Crippen MR) is 169 cm³/mol. The maximum Gasteiger partial charge on any atom is 0.416 e. The third-order valence-electron chi connectivity index (χ3n) is 8.49. The summed E-state index contributed by atoms with van der Waals surface area (Å²) in [6, 6.07) is 11.6. The molecule has 3 heterocycles. The fourth-order valence-corrected chi connectivity index (χ4v) is 5.92. The molecule has 1 aliphatic rings. The number of hydrogen-bond acceptors (Lipinski definition) is 7. The van der Waals surface area contributed by atoms with Gasteiger partial charge >= 0.3 is 24.4 Å². The highest BCUT2D eigenvalue weighted by Crippen LogP contribution is 2.42. The van der Waals surface area contributed by atoms with Crippen molar-refractivity contribution in [1.29, 1.82) is 0 Å². The Bertz CT molecular complexity index is 2100. The first kappa shape index (κ1) is 34.9. The second kappa shape index (κ2) is 13.1. The number of alkyl halides is 6. The van der Waals surface area contributed by atoms with Crippen molar-refractivity contribution in [3.63, 3.8) is 0 Å². The zero-order valence-electron chi connectivity index (χ0n) is 27.0. The first-order valence-electron chi connectivity index (χ1n) is 15.2. The molecule has 6 rings (SSSR count). The van der Waals surface area contributed by atoms with E-state index >= 15 is 0 Å². The summed E-state index contributed by atoms with van der Waals surface area (Å²) in [5.41, 5.74) is -0.257. The van der Waals surface area contributed by atoms with Crippen molar-refractivity contribution >= 4 is 12.1 Å². The van der Waals surface area contributed by atoms with Crippen LogP contribution in [0.5, 0.6) is 5.75 Å². The van der Waals surface area contributed by atoms with Gasteiger partial charge in [0, 0.05) is 29.7 Å². The van der Waals surface area contributed by atoms with Crippen molar-refractivity contribution < 1.29 is 50.5 Å². The minimum atomic E-state index is -5.09. The van der Waals surface area contributed by atoms with Crippen molar-refractivity contribution in [1.82, 2.24) is 24.6 Å². The summed E-state index contributed by atoms with van der Waals surface area (Å²) in [5, 5.41) is 13.6. The van der Waals surface area contributed by atoms with Gasteiger partial charge < -0.3 is 14.6 Å². The van der Waals surface area contributed by atoms with E-state index in [1.54, 1.807) is 43.5 Å². The Labute approximate surface area is 285 Å². The van der Waals surface area contributed by atoms with Crippen molar-refractivity contribution in [3.8, 4) is 34.0 Å². The molecular formula is C35H27F6N5O5. The van der Waals surface area contributed by atoms with Gasteiger partial charge in [-0.1, -0.05) is 12.1 Å². The molecule has 2 atom stereocenters. The molecule has 10 nitrogen and oxygen atoms in total. The lowest BCUT2D eigenvalue weighted by atomic mass is 9.94. The molecule has 0 aliphatic carbocycles. The van der Waals surface area contributed by atoms with E-state index in [1.807, 2.05) is 0 Å². The Kier molecular flexibility index (Phi) is 8.95. The lowest BCUT2D eigenvalue weighted by Gasteiger charge is -2.23. The van der Waals surface area contributed by atoms with Crippen LogP contribution in [0.15, 0.2) is 79.3 Å². The minimum absolute atomic E-state index is 0.0101. The molecule has 0 spiro atoms. The van der Waals surface area contributed by atoms with Crippen LogP contribution >= 0.6 is 0 Å². The number of benzene rings is 3. The highest BCUT2D eigenvalue weighted by Gasteiger charge is 2.43. The van der Waals surface area contributed by atoms with E-state index in [2.05, 4.69) is 15.1 Å². The standard InChI is InChI=1S/C35H27F6N5O5/c1-18-11-21(31(47)48)5-7-25(18)20-6-8-29(50-3)26(14-20)27-16-42-32(46-10-4-9-43-46)44-28(27)17-45-19(2)30(51-33(45)49)22-12-23(34(36,37)38)15-24(13-22)35(39,40)41/h4-16,19,30H,17H2,1-3H3,(H,47,48)/t19-,30-/m0/s1. The van der Waals surface area contributed by atoms with Crippen molar-refractivity contribution in [2.24, 2.45) is 0 Å². The van der Waals surface area contributed by atoms with Crippen LogP contribution in [0.4, 0.5) is 31.1 Å². The molecule has 0 radical (unpaired) electrons. The quantitative estimate of drug-likeness (QED) is 0.160. The number of carbonyl (C=O) groups excluding carboxylic acids is 1. The van der Waals surface area contributed by atoms with E-state index in [4.69, 9.17) is 9.47 Å². The van der Waals surface area contributed by atoms with Crippen LogP contribution in [0, 0.1) is 6.92 Å². The second-order valence-electron chi connectivity index (χ2n) is 11.7. The first-order valence-corrected chi connectivity index (χ1v) is 15.2. The maximum absolute atomic E-state index is 13.7. The normalized spacial score (nSPS) is 16.3. The minimum Gasteiger partial charge on any atom is -0.496 e. The molecular weight excluding hydrogens is 684 g/mol. The molecule has 5 aromatic rings. The Balaban J connectivity index is 1.43. The van der Waals surface area contributed by atoms with Gasteiger partial charge in [-0.3, -0.25) is 4.90 Å². The second-order valence-corrected chi connectivity index (χ2v) is 11.7. The molecule has 3 aromatic carbocycles. The van der Waals surface area contributed by atoms with Crippen molar-refractivity contribution in [2.75, 3.05) is 7.11 Å². The van der Waals surface area contributed by atoms with Gasteiger partial charge in [0.25, 0.3) is 5.95 Å². The molecule has 51 heavy (non-hydrogen) atoms. The monoisotopic (exact) mass is 711 g/mol. The summed E-state index contributed by atoms with van der Waals surface area (Å²) < 4.78 is 94.3. The van der Waals surface area contributed by atoms with Gasteiger partial charge in [0.1, 0.15) is 11.9 Å². The molecule has 1 N–H and O–H groups in total. The first-order chi connectivity index (χ1) is 24.0. The van der Waals surface area contributed by atoms with E-state index in [0.29, 0.717) is 40.1 Å². The molecule has 0 saturated carbocycles. The zero-order chi connectivity index (χ0) is 36.8. The number of aryl methyl sites for hydroxylation is 1. The van der Waals surface area contributed by atoms with Crippen LogP contribution < -0.4 is 4.74 Å². The van der Waals surface area contributed by atoms with Crippen LogP contribution in [-0.2, 0) is 23.6 Å². The molecule has 2 aromatic heterocycles. The van der Waals surface area contributed by atoms with Gasteiger partial charge in [-0.15, -0.1) is 0 Å². The summed E-state index contributed by atoms with van der Waals surface area (Å²) in [5.74, 6) is -0.586. The molecule has 1 amide bonds. The summed E-state index contributed by atoms with van der Waals surface area (Å²) in [6.45, 7) is 2.91. The average Bonchev–Trinajstić information content (AvgIpc) is 3.72. The Morgan fingerprint density at radius 3 is 2.25 bits per heavy atom. The number of rotatable bonds is 8. The molecule has 16 heteroatoms. The van der Waals surface area contributed by atoms with Crippen LogP contribution in [0.1, 0.15) is 51.3 Å². The maximum atomic E-state index is 13.7. The van der Waals surface area contributed by atoms with Crippen LogP contribution in [0.25, 0.3) is 28.2 Å². The number of aromatic nitrogens is 4. The van der Waals surface area contributed by atoms with E-state index in [9.17, 15) is 41.0 Å². The Morgan fingerprint density at radius 1 is 0.961 bits per heavy atom. The highest BCUT2D eigenvalue weighted by atomic mass is 19.4. The van der Waals surface area contributed by atoms with Gasteiger partial charge in [0.2, 0.25) is 0 Å². The van der Waals surface area contributed by atoms with Gasteiger partial charge in [-0.2, -0.15) is 31.4 Å².